The molecule has 4 heteroatoms. The second-order valence-corrected chi connectivity index (χ2v) is 4.81. The number of nitrogens with one attached hydrogen (secondary N) is 1. The Morgan fingerprint density at radius 2 is 2.11 bits per heavy atom. The van der Waals surface area contributed by atoms with Crippen molar-refractivity contribution in [3.05, 3.63) is 36.4 Å². The number of hydrogen-bond acceptors (Lipinski definition) is 4. The predicted octanol–water partition coefficient (Wildman–Crippen LogP) is 3.48. The Balaban J connectivity index is 2.49. The van der Waals surface area contributed by atoms with Crippen molar-refractivity contribution in [3.63, 3.8) is 0 Å². The van der Waals surface area contributed by atoms with Gasteiger partial charge in [-0.3, -0.25) is 4.98 Å². The first-order valence-electron chi connectivity index (χ1n) is 6.73. The zero-order valence-corrected chi connectivity index (χ0v) is 11.7. The molecule has 0 bridgehead atoms. The van der Waals surface area contributed by atoms with E-state index in [2.05, 4.69) is 41.0 Å². The molecule has 1 N–H and O–H groups in total. The Bertz CT molecular complexity index is 523. The summed E-state index contributed by atoms with van der Waals surface area (Å²) in [5.41, 5.74) is 3.16. The average molecular weight is 256 g/mol. The van der Waals surface area contributed by atoms with Gasteiger partial charge in [-0.25, -0.2) is 9.97 Å². The Morgan fingerprint density at radius 3 is 2.74 bits per heavy atom. The molecule has 2 aromatic heterocycles. The maximum atomic E-state index is 4.45. The number of nitrogens with zero attached hydrogens (tertiary/aromatic N) is 3. The average Bonchev–Trinajstić information content (AvgIpc) is 2.45. The second-order valence-electron chi connectivity index (χ2n) is 4.81. The fourth-order valence-electron chi connectivity index (χ4n) is 2.06. The quantitative estimate of drug-likeness (QED) is 0.889. The van der Waals surface area contributed by atoms with Crippen molar-refractivity contribution in [1.82, 2.24) is 15.0 Å². The number of pyridine rings is 1. The van der Waals surface area contributed by atoms with Crippen molar-refractivity contribution in [1.29, 1.82) is 0 Å². The molecule has 100 valence electrons. The van der Waals surface area contributed by atoms with Crippen LogP contribution in [0.15, 0.2) is 30.9 Å². The first-order chi connectivity index (χ1) is 9.24. The molecule has 0 aliphatic carbocycles. The van der Waals surface area contributed by atoms with Crippen LogP contribution in [0, 0.1) is 0 Å². The van der Waals surface area contributed by atoms with Crippen LogP contribution in [0.1, 0.15) is 38.7 Å². The molecule has 0 saturated heterocycles. The minimum atomic E-state index is 0.357. The van der Waals surface area contributed by atoms with Crippen LogP contribution >= 0.6 is 0 Å². The van der Waals surface area contributed by atoms with E-state index >= 15 is 0 Å². The van der Waals surface area contributed by atoms with Gasteiger partial charge in [-0.1, -0.05) is 20.8 Å². The highest BCUT2D eigenvalue weighted by Gasteiger charge is 2.15. The van der Waals surface area contributed by atoms with E-state index in [0.717, 1.165) is 35.6 Å². The highest BCUT2D eigenvalue weighted by atomic mass is 15.0. The standard InChI is InChI=1S/C15H20N4/c1-4-7-17-15-13(11(2)3)14(18-10-19-15)12-6-5-8-16-9-12/h5-6,8-11H,4,7H2,1-3H3,(H,17,18,19). The summed E-state index contributed by atoms with van der Waals surface area (Å²) in [6, 6.07) is 3.96. The molecule has 4 nitrogen and oxygen atoms in total. The summed E-state index contributed by atoms with van der Waals surface area (Å²) in [7, 11) is 0. The third-order valence-corrected chi connectivity index (χ3v) is 2.94. The van der Waals surface area contributed by atoms with Crippen molar-refractivity contribution >= 4 is 5.82 Å². The van der Waals surface area contributed by atoms with Gasteiger partial charge in [0.1, 0.15) is 12.1 Å². The second kappa shape index (κ2) is 6.27. The number of rotatable bonds is 5. The predicted molar refractivity (Wildman–Crippen MR) is 78.1 cm³/mol. The largest absolute Gasteiger partial charge is 0.370 e. The Kier molecular flexibility index (Phi) is 4.44. The van der Waals surface area contributed by atoms with Gasteiger partial charge in [0.2, 0.25) is 0 Å². The lowest BCUT2D eigenvalue weighted by atomic mass is 9.98. The fourth-order valence-corrected chi connectivity index (χ4v) is 2.06. The minimum absolute atomic E-state index is 0.357. The zero-order chi connectivity index (χ0) is 13.7. The lowest BCUT2D eigenvalue weighted by Crippen LogP contribution is -2.08. The molecule has 0 aliphatic rings. The molecule has 0 spiro atoms. The van der Waals surface area contributed by atoms with Crippen LogP contribution in [-0.4, -0.2) is 21.5 Å². The van der Waals surface area contributed by atoms with Gasteiger partial charge in [-0.05, 0) is 24.5 Å². The van der Waals surface area contributed by atoms with Gasteiger partial charge in [-0.15, -0.1) is 0 Å². The van der Waals surface area contributed by atoms with Crippen molar-refractivity contribution < 1.29 is 0 Å². The Morgan fingerprint density at radius 1 is 1.26 bits per heavy atom. The smallest absolute Gasteiger partial charge is 0.133 e. The van der Waals surface area contributed by atoms with Crippen LogP contribution < -0.4 is 5.32 Å². The lowest BCUT2D eigenvalue weighted by Gasteiger charge is -2.16. The minimum Gasteiger partial charge on any atom is -0.370 e. The topological polar surface area (TPSA) is 50.7 Å². The van der Waals surface area contributed by atoms with Gasteiger partial charge in [0.05, 0.1) is 5.69 Å². The molecule has 2 aromatic rings. The van der Waals surface area contributed by atoms with Crippen LogP contribution in [0.2, 0.25) is 0 Å². The summed E-state index contributed by atoms with van der Waals surface area (Å²) in [5.74, 6) is 1.29. The van der Waals surface area contributed by atoms with E-state index in [9.17, 15) is 0 Å². The molecule has 0 amide bonds. The zero-order valence-electron chi connectivity index (χ0n) is 11.7. The van der Waals surface area contributed by atoms with Gasteiger partial charge in [-0.2, -0.15) is 0 Å². The summed E-state index contributed by atoms with van der Waals surface area (Å²) in [6.45, 7) is 7.39. The summed E-state index contributed by atoms with van der Waals surface area (Å²) in [4.78, 5) is 13.0. The first-order valence-corrected chi connectivity index (χ1v) is 6.73. The van der Waals surface area contributed by atoms with Crippen LogP contribution in [0.4, 0.5) is 5.82 Å². The van der Waals surface area contributed by atoms with E-state index in [0.29, 0.717) is 5.92 Å². The van der Waals surface area contributed by atoms with Crippen LogP contribution in [-0.2, 0) is 0 Å². The van der Waals surface area contributed by atoms with Gasteiger partial charge >= 0.3 is 0 Å². The van der Waals surface area contributed by atoms with Crippen molar-refractivity contribution in [2.75, 3.05) is 11.9 Å². The molecular weight excluding hydrogens is 236 g/mol. The van der Waals surface area contributed by atoms with E-state index in [1.165, 1.54) is 0 Å². The number of anilines is 1. The Hall–Kier alpha value is -1.97. The maximum Gasteiger partial charge on any atom is 0.133 e. The third kappa shape index (κ3) is 3.08. The van der Waals surface area contributed by atoms with Gasteiger partial charge < -0.3 is 5.32 Å². The molecule has 0 unspecified atom stereocenters. The molecule has 2 rings (SSSR count). The van der Waals surface area contributed by atoms with E-state index in [4.69, 9.17) is 0 Å². The molecule has 0 fully saturated rings. The highest BCUT2D eigenvalue weighted by molar-refractivity contribution is 5.68. The summed E-state index contributed by atoms with van der Waals surface area (Å²) >= 11 is 0. The van der Waals surface area contributed by atoms with E-state index in [1.807, 2.05) is 18.3 Å². The molecular formula is C15H20N4. The van der Waals surface area contributed by atoms with E-state index < -0.39 is 0 Å². The highest BCUT2D eigenvalue weighted by Crippen LogP contribution is 2.31. The lowest BCUT2D eigenvalue weighted by molar-refractivity contribution is 0.844. The van der Waals surface area contributed by atoms with Crippen LogP contribution in [0.3, 0.4) is 0 Å². The monoisotopic (exact) mass is 256 g/mol. The summed E-state index contributed by atoms with van der Waals surface area (Å²) in [5, 5.41) is 3.38. The molecule has 0 radical (unpaired) electrons. The van der Waals surface area contributed by atoms with Gasteiger partial charge in [0.25, 0.3) is 0 Å². The van der Waals surface area contributed by atoms with Gasteiger partial charge in [0.15, 0.2) is 0 Å². The molecule has 2 heterocycles. The third-order valence-electron chi connectivity index (χ3n) is 2.94. The van der Waals surface area contributed by atoms with Crippen molar-refractivity contribution in [2.24, 2.45) is 0 Å². The molecule has 0 aromatic carbocycles. The fraction of sp³-hybridized carbons (Fsp3) is 0.400. The van der Waals surface area contributed by atoms with Crippen molar-refractivity contribution in [3.8, 4) is 11.3 Å². The number of hydrogen-bond donors (Lipinski definition) is 1. The summed E-state index contributed by atoms with van der Waals surface area (Å²) < 4.78 is 0. The Labute approximate surface area is 114 Å². The molecule has 0 saturated carbocycles. The molecule has 19 heavy (non-hydrogen) atoms. The SMILES string of the molecule is CCCNc1ncnc(-c2cccnc2)c1C(C)C. The molecule has 0 aliphatic heterocycles. The first kappa shape index (κ1) is 13.5. The normalized spacial score (nSPS) is 10.7. The molecule has 0 atom stereocenters. The van der Waals surface area contributed by atoms with Crippen molar-refractivity contribution in [2.45, 2.75) is 33.1 Å². The van der Waals surface area contributed by atoms with Crippen LogP contribution in [0.25, 0.3) is 11.3 Å². The summed E-state index contributed by atoms with van der Waals surface area (Å²) in [6.07, 6.45) is 6.31. The maximum absolute atomic E-state index is 4.45. The number of aromatic nitrogens is 3. The van der Waals surface area contributed by atoms with E-state index in [1.54, 1.807) is 12.5 Å². The van der Waals surface area contributed by atoms with Gasteiger partial charge in [0, 0.05) is 30.1 Å². The van der Waals surface area contributed by atoms with Crippen LogP contribution in [0.5, 0.6) is 0 Å². The van der Waals surface area contributed by atoms with E-state index in [-0.39, 0.29) is 0 Å².